The fraction of sp³-hybridized carbons (Fsp3) is 0.500. The number of ether oxygens (including phenoxy) is 1. The highest BCUT2D eigenvalue weighted by molar-refractivity contribution is 5.79. The normalized spacial score (nSPS) is 18.8. The lowest BCUT2D eigenvalue weighted by atomic mass is 10.2. The van der Waals surface area contributed by atoms with Gasteiger partial charge in [-0.2, -0.15) is 0 Å². The molecule has 0 saturated carbocycles. The molecule has 0 amide bonds. The quantitative estimate of drug-likeness (QED) is 0.663. The first kappa shape index (κ1) is 14.8. The zero-order valence-electron chi connectivity index (χ0n) is 13.2. The highest BCUT2D eigenvalue weighted by Gasteiger charge is 2.15. The molecule has 118 valence electrons. The van der Waals surface area contributed by atoms with Gasteiger partial charge in [0.15, 0.2) is 5.96 Å². The molecule has 3 rings (SSSR count). The maximum Gasteiger partial charge on any atom is 0.191 e. The van der Waals surface area contributed by atoms with Crippen LogP contribution in [0.15, 0.2) is 29.4 Å². The number of imidazole rings is 1. The number of pyridine rings is 1. The van der Waals surface area contributed by atoms with E-state index in [9.17, 15) is 0 Å². The van der Waals surface area contributed by atoms with Gasteiger partial charge in [0, 0.05) is 32.1 Å². The van der Waals surface area contributed by atoms with E-state index in [2.05, 4.69) is 44.2 Å². The Morgan fingerprint density at radius 2 is 2.36 bits per heavy atom. The van der Waals surface area contributed by atoms with Gasteiger partial charge in [-0.05, 0) is 31.9 Å². The van der Waals surface area contributed by atoms with E-state index in [-0.39, 0.29) is 0 Å². The Balaban J connectivity index is 1.56. The van der Waals surface area contributed by atoms with E-state index in [0.717, 1.165) is 43.3 Å². The topological polar surface area (TPSA) is 63.0 Å². The number of hydrogen-bond acceptors (Lipinski definition) is 3. The van der Waals surface area contributed by atoms with Crippen LogP contribution in [0.4, 0.5) is 0 Å². The molecule has 6 heteroatoms. The molecule has 22 heavy (non-hydrogen) atoms. The Morgan fingerprint density at radius 3 is 3.09 bits per heavy atom. The lowest BCUT2D eigenvalue weighted by Crippen LogP contribution is -2.40. The fourth-order valence-electron chi connectivity index (χ4n) is 2.69. The van der Waals surface area contributed by atoms with Gasteiger partial charge >= 0.3 is 0 Å². The minimum atomic E-state index is 0.302. The molecule has 0 radical (unpaired) electrons. The number of fused-ring (bicyclic) bond motifs is 1. The fourth-order valence-corrected chi connectivity index (χ4v) is 2.69. The second kappa shape index (κ2) is 6.79. The predicted molar refractivity (Wildman–Crippen MR) is 87.1 cm³/mol. The molecule has 1 unspecified atom stereocenters. The van der Waals surface area contributed by atoms with Crippen molar-refractivity contribution in [2.24, 2.45) is 4.99 Å². The minimum Gasteiger partial charge on any atom is -0.376 e. The van der Waals surface area contributed by atoms with Crippen LogP contribution in [0.3, 0.4) is 0 Å². The van der Waals surface area contributed by atoms with Crippen molar-refractivity contribution in [1.29, 1.82) is 0 Å². The highest BCUT2D eigenvalue weighted by atomic mass is 16.5. The molecule has 1 saturated heterocycles. The van der Waals surface area contributed by atoms with Crippen LogP contribution in [-0.4, -0.2) is 41.6 Å². The Hall–Kier alpha value is -2.08. The van der Waals surface area contributed by atoms with Crippen molar-refractivity contribution >= 4 is 11.6 Å². The maximum absolute atomic E-state index is 5.60. The summed E-state index contributed by atoms with van der Waals surface area (Å²) in [6.07, 6.45) is 4.64. The van der Waals surface area contributed by atoms with Crippen LogP contribution in [0.1, 0.15) is 24.2 Å². The number of rotatable bonds is 4. The number of nitrogens with one attached hydrogen (secondary N) is 2. The average Bonchev–Trinajstić information content (AvgIpc) is 3.17. The van der Waals surface area contributed by atoms with Crippen molar-refractivity contribution in [3.8, 4) is 0 Å². The molecule has 1 atom stereocenters. The van der Waals surface area contributed by atoms with E-state index in [1.807, 2.05) is 12.1 Å². The molecular formula is C16H23N5O. The van der Waals surface area contributed by atoms with Crippen molar-refractivity contribution in [2.45, 2.75) is 32.4 Å². The van der Waals surface area contributed by atoms with E-state index in [1.165, 1.54) is 5.69 Å². The predicted octanol–water partition coefficient (Wildman–Crippen LogP) is 1.49. The summed E-state index contributed by atoms with van der Waals surface area (Å²) in [5, 5.41) is 6.60. The molecule has 2 N–H and O–H groups in total. The van der Waals surface area contributed by atoms with Gasteiger partial charge in [0.05, 0.1) is 18.3 Å². The number of aromatic nitrogens is 2. The molecule has 0 aromatic carbocycles. The molecule has 6 nitrogen and oxygen atoms in total. The highest BCUT2D eigenvalue weighted by Crippen LogP contribution is 2.10. The number of guanidine groups is 1. The van der Waals surface area contributed by atoms with E-state index < -0.39 is 0 Å². The number of aryl methyl sites for hydroxylation is 1. The second-order valence-electron chi connectivity index (χ2n) is 5.57. The first-order chi connectivity index (χ1) is 10.8. The summed E-state index contributed by atoms with van der Waals surface area (Å²) in [7, 11) is 1.78. The smallest absolute Gasteiger partial charge is 0.191 e. The van der Waals surface area contributed by atoms with Gasteiger partial charge in [-0.25, -0.2) is 4.98 Å². The third-order valence-electron chi connectivity index (χ3n) is 3.93. The SMILES string of the molecule is CN=C(NCc1cn2c(C)cccc2n1)NCC1CCCO1. The standard InChI is InChI=1S/C16H23N5O/c1-12-5-3-7-15-20-13(11-21(12)15)9-18-16(17-2)19-10-14-6-4-8-22-14/h3,5,7,11,14H,4,6,8-10H2,1-2H3,(H2,17,18,19). The first-order valence-corrected chi connectivity index (χ1v) is 7.76. The zero-order chi connectivity index (χ0) is 15.4. The molecule has 3 heterocycles. The first-order valence-electron chi connectivity index (χ1n) is 7.76. The summed E-state index contributed by atoms with van der Waals surface area (Å²) in [5.74, 6) is 0.782. The summed E-state index contributed by atoms with van der Waals surface area (Å²) in [6.45, 7) is 4.39. The van der Waals surface area contributed by atoms with Gasteiger partial charge in [-0.15, -0.1) is 0 Å². The lowest BCUT2D eigenvalue weighted by Gasteiger charge is -2.14. The van der Waals surface area contributed by atoms with Crippen molar-refractivity contribution in [3.05, 3.63) is 35.8 Å². The van der Waals surface area contributed by atoms with Crippen LogP contribution in [0.5, 0.6) is 0 Å². The monoisotopic (exact) mass is 301 g/mol. The van der Waals surface area contributed by atoms with Crippen LogP contribution in [0.2, 0.25) is 0 Å². The Kier molecular flexibility index (Phi) is 4.58. The van der Waals surface area contributed by atoms with Gasteiger partial charge in [-0.3, -0.25) is 4.99 Å². The molecule has 1 fully saturated rings. The van der Waals surface area contributed by atoms with E-state index in [4.69, 9.17) is 4.74 Å². The zero-order valence-corrected chi connectivity index (χ0v) is 13.2. The van der Waals surface area contributed by atoms with Gasteiger partial charge in [-0.1, -0.05) is 6.07 Å². The molecular weight excluding hydrogens is 278 g/mol. The van der Waals surface area contributed by atoms with Crippen molar-refractivity contribution in [2.75, 3.05) is 20.2 Å². The summed E-state index contributed by atoms with van der Waals surface area (Å²) in [5.41, 5.74) is 3.14. The summed E-state index contributed by atoms with van der Waals surface area (Å²) >= 11 is 0. The molecule has 0 bridgehead atoms. The van der Waals surface area contributed by atoms with Crippen molar-refractivity contribution in [3.63, 3.8) is 0 Å². The van der Waals surface area contributed by atoms with Crippen LogP contribution in [-0.2, 0) is 11.3 Å². The molecule has 0 spiro atoms. The summed E-state index contributed by atoms with van der Waals surface area (Å²) in [4.78, 5) is 8.85. The molecule has 2 aromatic heterocycles. The van der Waals surface area contributed by atoms with E-state index in [0.29, 0.717) is 12.6 Å². The second-order valence-corrected chi connectivity index (χ2v) is 5.57. The van der Waals surface area contributed by atoms with Crippen LogP contribution in [0, 0.1) is 6.92 Å². The van der Waals surface area contributed by atoms with Crippen LogP contribution in [0.25, 0.3) is 5.65 Å². The number of hydrogen-bond donors (Lipinski definition) is 2. The van der Waals surface area contributed by atoms with Gasteiger partial charge in [0.2, 0.25) is 0 Å². The van der Waals surface area contributed by atoms with E-state index >= 15 is 0 Å². The Bertz CT molecular complexity index is 658. The van der Waals surface area contributed by atoms with Gasteiger partial charge in [0.25, 0.3) is 0 Å². The maximum atomic E-state index is 5.60. The van der Waals surface area contributed by atoms with Crippen LogP contribution < -0.4 is 10.6 Å². The van der Waals surface area contributed by atoms with Crippen molar-refractivity contribution in [1.82, 2.24) is 20.0 Å². The summed E-state index contributed by atoms with van der Waals surface area (Å²) < 4.78 is 7.70. The molecule has 2 aromatic rings. The summed E-state index contributed by atoms with van der Waals surface area (Å²) in [6, 6.07) is 6.12. The number of aliphatic imine (C=N–C) groups is 1. The third kappa shape index (κ3) is 3.39. The van der Waals surface area contributed by atoms with Crippen LogP contribution >= 0.6 is 0 Å². The Morgan fingerprint density at radius 1 is 1.45 bits per heavy atom. The largest absolute Gasteiger partial charge is 0.376 e. The lowest BCUT2D eigenvalue weighted by molar-refractivity contribution is 0.114. The number of nitrogens with zero attached hydrogens (tertiary/aromatic N) is 3. The van der Waals surface area contributed by atoms with E-state index in [1.54, 1.807) is 7.05 Å². The van der Waals surface area contributed by atoms with Gasteiger partial charge in [0.1, 0.15) is 5.65 Å². The Labute approximate surface area is 130 Å². The molecule has 0 aliphatic carbocycles. The minimum absolute atomic E-state index is 0.302. The molecule has 1 aliphatic rings. The van der Waals surface area contributed by atoms with Gasteiger partial charge < -0.3 is 19.8 Å². The average molecular weight is 301 g/mol. The van der Waals surface area contributed by atoms with Crippen molar-refractivity contribution < 1.29 is 4.74 Å². The third-order valence-corrected chi connectivity index (χ3v) is 3.93. The molecule has 1 aliphatic heterocycles.